The van der Waals surface area contributed by atoms with Gasteiger partial charge >= 0.3 is 0 Å². The number of anilines is 1. The number of aromatic amines is 1. The van der Waals surface area contributed by atoms with Crippen LogP contribution < -0.4 is 10.0 Å². The lowest BCUT2D eigenvalue weighted by Gasteiger charge is -2.07. The van der Waals surface area contributed by atoms with Crippen molar-refractivity contribution in [2.24, 2.45) is 0 Å². The van der Waals surface area contributed by atoms with E-state index in [0.717, 1.165) is 17.7 Å². The van der Waals surface area contributed by atoms with Crippen LogP contribution in [0.1, 0.15) is 18.2 Å². The quantitative estimate of drug-likeness (QED) is 0.763. The Morgan fingerprint density at radius 3 is 2.75 bits per heavy atom. The van der Waals surface area contributed by atoms with Gasteiger partial charge < -0.3 is 10.3 Å². The molecule has 3 N–H and O–H groups in total. The molecule has 0 aliphatic heterocycles. The molecule has 0 unspecified atom stereocenters. The van der Waals surface area contributed by atoms with Crippen LogP contribution in [0.2, 0.25) is 0 Å². The van der Waals surface area contributed by atoms with Gasteiger partial charge in [-0.15, -0.1) is 0 Å². The zero-order chi connectivity index (χ0) is 14.6. The highest BCUT2D eigenvalue weighted by Crippen LogP contribution is 2.18. The molecule has 2 aromatic rings. The molecule has 0 saturated heterocycles. The molecule has 0 fully saturated rings. The second-order valence-electron chi connectivity index (χ2n) is 4.55. The first-order valence-electron chi connectivity index (χ1n) is 6.49. The summed E-state index contributed by atoms with van der Waals surface area (Å²) >= 11 is 0. The smallest absolute Gasteiger partial charge is 0.263 e. The van der Waals surface area contributed by atoms with Gasteiger partial charge in [-0.25, -0.2) is 8.42 Å². The Morgan fingerprint density at radius 1 is 1.25 bits per heavy atom. The van der Waals surface area contributed by atoms with Crippen molar-refractivity contribution in [3.63, 3.8) is 0 Å². The van der Waals surface area contributed by atoms with E-state index in [1.54, 1.807) is 12.1 Å². The van der Waals surface area contributed by atoms with Gasteiger partial charge in [0, 0.05) is 24.1 Å². The van der Waals surface area contributed by atoms with Crippen molar-refractivity contribution in [3.05, 3.63) is 47.8 Å². The molecule has 1 aromatic heterocycles. The molecule has 0 bridgehead atoms. The first-order valence-corrected chi connectivity index (χ1v) is 7.97. The Hall–Kier alpha value is -1.79. The van der Waals surface area contributed by atoms with Gasteiger partial charge in [0.1, 0.15) is 4.90 Å². The summed E-state index contributed by atoms with van der Waals surface area (Å²) < 4.78 is 27.1. The first-order chi connectivity index (χ1) is 9.55. The third-order valence-electron chi connectivity index (χ3n) is 2.98. The van der Waals surface area contributed by atoms with Gasteiger partial charge in [0.2, 0.25) is 0 Å². The van der Waals surface area contributed by atoms with Crippen molar-refractivity contribution >= 4 is 15.7 Å². The minimum Gasteiger partial charge on any atom is -0.363 e. The molecule has 1 aromatic carbocycles. The highest BCUT2D eigenvalue weighted by Gasteiger charge is 2.16. The molecule has 0 saturated carbocycles. The standard InChI is InChI=1S/C14H19N3O2S/c1-3-11-5-4-6-12(7-11)17-20(18,19)14-8-13(9-15-2)16-10-14/h4-8,10,15-17H,3,9H2,1-2H3. The Balaban J connectivity index is 2.21. The highest BCUT2D eigenvalue weighted by atomic mass is 32.2. The molecule has 0 aliphatic rings. The Labute approximate surface area is 119 Å². The summed E-state index contributed by atoms with van der Waals surface area (Å²) in [6.07, 6.45) is 2.37. The van der Waals surface area contributed by atoms with Crippen molar-refractivity contribution in [1.82, 2.24) is 10.3 Å². The normalized spacial score (nSPS) is 11.5. The molecule has 0 atom stereocenters. The van der Waals surface area contributed by atoms with Gasteiger partial charge in [-0.3, -0.25) is 4.72 Å². The SMILES string of the molecule is CCc1cccc(NS(=O)(=O)c2c[nH]c(CNC)c2)c1. The second kappa shape index (κ2) is 6.11. The number of hydrogen-bond acceptors (Lipinski definition) is 3. The molecule has 0 amide bonds. The maximum Gasteiger partial charge on any atom is 0.263 e. The summed E-state index contributed by atoms with van der Waals surface area (Å²) in [5.41, 5.74) is 2.51. The Kier molecular flexibility index (Phi) is 4.46. The summed E-state index contributed by atoms with van der Waals surface area (Å²) in [5.74, 6) is 0. The third-order valence-corrected chi connectivity index (χ3v) is 4.34. The average Bonchev–Trinajstić information content (AvgIpc) is 2.88. The number of rotatable bonds is 6. The van der Waals surface area contributed by atoms with Crippen molar-refractivity contribution in [1.29, 1.82) is 0 Å². The predicted molar refractivity (Wildman–Crippen MR) is 80.2 cm³/mol. The largest absolute Gasteiger partial charge is 0.363 e. The minimum absolute atomic E-state index is 0.240. The van der Waals surface area contributed by atoms with Crippen LogP contribution >= 0.6 is 0 Å². The molecule has 0 spiro atoms. The summed E-state index contributed by atoms with van der Waals surface area (Å²) in [6.45, 7) is 2.63. The van der Waals surface area contributed by atoms with Crippen molar-refractivity contribution in [3.8, 4) is 0 Å². The minimum atomic E-state index is -3.54. The van der Waals surface area contributed by atoms with Crippen LogP contribution in [0.5, 0.6) is 0 Å². The molecule has 20 heavy (non-hydrogen) atoms. The zero-order valence-electron chi connectivity index (χ0n) is 11.6. The van der Waals surface area contributed by atoms with E-state index < -0.39 is 10.0 Å². The van der Waals surface area contributed by atoms with Crippen molar-refractivity contribution in [2.45, 2.75) is 24.8 Å². The molecule has 2 rings (SSSR count). The summed E-state index contributed by atoms with van der Waals surface area (Å²) in [7, 11) is -1.74. The maximum absolute atomic E-state index is 12.3. The van der Waals surface area contributed by atoms with Crippen molar-refractivity contribution in [2.75, 3.05) is 11.8 Å². The molecule has 108 valence electrons. The fourth-order valence-corrected chi connectivity index (χ4v) is 3.00. The lowest BCUT2D eigenvalue weighted by Crippen LogP contribution is -2.12. The third kappa shape index (κ3) is 3.40. The van der Waals surface area contributed by atoms with E-state index in [4.69, 9.17) is 0 Å². The molecule has 6 heteroatoms. The maximum atomic E-state index is 12.3. The van der Waals surface area contributed by atoms with Gasteiger partial charge in [-0.05, 0) is 37.2 Å². The zero-order valence-corrected chi connectivity index (χ0v) is 12.4. The van der Waals surface area contributed by atoms with Crippen LogP contribution in [0.3, 0.4) is 0 Å². The van der Waals surface area contributed by atoms with Crippen LogP contribution in [-0.2, 0) is 23.0 Å². The number of nitrogens with one attached hydrogen (secondary N) is 3. The monoisotopic (exact) mass is 293 g/mol. The van der Waals surface area contributed by atoms with Crippen molar-refractivity contribution < 1.29 is 8.42 Å². The predicted octanol–water partition coefficient (Wildman–Crippen LogP) is 2.10. The lowest BCUT2D eigenvalue weighted by molar-refractivity contribution is 0.601. The molecule has 0 radical (unpaired) electrons. The van der Waals surface area contributed by atoms with E-state index in [1.165, 1.54) is 6.20 Å². The number of aryl methyl sites for hydroxylation is 1. The number of hydrogen-bond donors (Lipinski definition) is 3. The number of H-pyrrole nitrogens is 1. The molecular formula is C14H19N3O2S. The van der Waals surface area contributed by atoms with E-state index in [9.17, 15) is 8.42 Å². The number of benzene rings is 1. The van der Waals surface area contributed by atoms with E-state index in [1.807, 2.05) is 32.2 Å². The highest BCUT2D eigenvalue weighted by molar-refractivity contribution is 7.92. The van der Waals surface area contributed by atoms with Crippen LogP contribution in [0.4, 0.5) is 5.69 Å². The summed E-state index contributed by atoms with van der Waals surface area (Å²) in [4.78, 5) is 3.18. The summed E-state index contributed by atoms with van der Waals surface area (Å²) in [6, 6.07) is 9.04. The van der Waals surface area contributed by atoms with Gasteiger partial charge in [-0.2, -0.15) is 0 Å². The first kappa shape index (κ1) is 14.6. The van der Waals surface area contributed by atoms with Gasteiger partial charge in [-0.1, -0.05) is 19.1 Å². The van der Waals surface area contributed by atoms with E-state index in [-0.39, 0.29) is 4.90 Å². The topological polar surface area (TPSA) is 74.0 Å². The van der Waals surface area contributed by atoms with E-state index in [2.05, 4.69) is 15.0 Å². The second-order valence-corrected chi connectivity index (χ2v) is 6.23. The summed E-state index contributed by atoms with van der Waals surface area (Å²) in [5, 5.41) is 2.97. The number of sulfonamides is 1. The van der Waals surface area contributed by atoms with E-state index in [0.29, 0.717) is 12.2 Å². The van der Waals surface area contributed by atoms with E-state index >= 15 is 0 Å². The van der Waals surface area contributed by atoms with Crippen LogP contribution in [0.15, 0.2) is 41.4 Å². The fourth-order valence-electron chi connectivity index (χ4n) is 1.94. The van der Waals surface area contributed by atoms with Crippen LogP contribution in [0, 0.1) is 0 Å². The van der Waals surface area contributed by atoms with Gasteiger partial charge in [0.05, 0.1) is 0 Å². The molecule has 5 nitrogen and oxygen atoms in total. The fraction of sp³-hybridized carbons (Fsp3) is 0.286. The average molecular weight is 293 g/mol. The lowest BCUT2D eigenvalue weighted by atomic mass is 10.1. The molecule has 1 heterocycles. The van der Waals surface area contributed by atoms with Gasteiger partial charge in [0.15, 0.2) is 0 Å². The van der Waals surface area contributed by atoms with Crippen LogP contribution in [-0.4, -0.2) is 20.4 Å². The molecule has 0 aliphatic carbocycles. The Morgan fingerprint density at radius 2 is 2.05 bits per heavy atom. The number of aromatic nitrogens is 1. The van der Waals surface area contributed by atoms with Gasteiger partial charge in [0.25, 0.3) is 10.0 Å². The molecular weight excluding hydrogens is 274 g/mol. The van der Waals surface area contributed by atoms with Crippen LogP contribution in [0.25, 0.3) is 0 Å². The Bertz CT molecular complexity index is 677.